The van der Waals surface area contributed by atoms with Crippen molar-refractivity contribution in [1.29, 1.82) is 0 Å². The van der Waals surface area contributed by atoms with Crippen molar-refractivity contribution >= 4 is 11.7 Å². The van der Waals surface area contributed by atoms with Gasteiger partial charge >= 0.3 is 0 Å². The normalized spacial score (nSPS) is 10.4. The average Bonchev–Trinajstić information content (AvgIpc) is 2.88. The van der Waals surface area contributed by atoms with Gasteiger partial charge in [-0.25, -0.2) is 4.63 Å². The Kier molecular flexibility index (Phi) is 2.99. The summed E-state index contributed by atoms with van der Waals surface area (Å²) in [5.74, 6) is 0.323. The number of nitrogen functional groups attached to an aromatic ring is 1. The Labute approximate surface area is 96.0 Å². The van der Waals surface area contributed by atoms with Gasteiger partial charge in [-0.3, -0.25) is 4.79 Å². The Bertz CT molecular complexity index is 517. The molecule has 0 saturated heterocycles. The second-order valence-electron chi connectivity index (χ2n) is 3.36. The molecule has 2 aromatic heterocycles. The van der Waals surface area contributed by atoms with Crippen LogP contribution in [0.2, 0.25) is 0 Å². The van der Waals surface area contributed by atoms with E-state index in [0.29, 0.717) is 13.0 Å². The predicted molar refractivity (Wildman–Crippen MR) is 55.8 cm³/mol. The molecule has 0 radical (unpaired) electrons. The molecule has 90 valence electrons. The molecular formula is C8H11N7O2. The zero-order valence-electron chi connectivity index (χ0n) is 9.12. The lowest BCUT2D eigenvalue weighted by Crippen LogP contribution is -2.27. The highest BCUT2D eigenvalue weighted by atomic mass is 16.6. The van der Waals surface area contributed by atoms with Gasteiger partial charge in [0.15, 0.2) is 0 Å². The SMILES string of the molecule is Cn1cnnc1CCNC(=O)c1nonc1N. The topological polar surface area (TPSA) is 125 Å². The number of carbonyl (C=O) groups excluding carboxylic acids is 1. The van der Waals surface area contributed by atoms with Crippen molar-refractivity contribution in [3.8, 4) is 0 Å². The summed E-state index contributed by atoms with van der Waals surface area (Å²) >= 11 is 0. The Balaban J connectivity index is 1.86. The number of anilines is 1. The molecule has 3 N–H and O–H groups in total. The summed E-state index contributed by atoms with van der Waals surface area (Å²) in [5.41, 5.74) is 5.37. The number of nitrogens with zero attached hydrogens (tertiary/aromatic N) is 5. The third-order valence-electron chi connectivity index (χ3n) is 2.17. The molecule has 0 atom stereocenters. The van der Waals surface area contributed by atoms with Gasteiger partial charge in [-0.15, -0.1) is 10.2 Å². The lowest BCUT2D eigenvalue weighted by molar-refractivity contribution is 0.0944. The van der Waals surface area contributed by atoms with Gasteiger partial charge < -0.3 is 15.6 Å². The van der Waals surface area contributed by atoms with E-state index in [9.17, 15) is 4.79 Å². The van der Waals surface area contributed by atoms with Crippen molar-refractivity contribution in [2.24, 2.45) is 7.05 Å². The smallest absolute Gasteiger partial charge is 0.277 e. The van der Waals surface area contributed by atoms with Crippen molar-refractivity contribution in [2.75, 3.05) is 12.3 Å². The third-order valence-corrected chi connectivity index (χ3v) is 2.17. The van der Waals surface area contributed by atoms with E-state index < -0.39 is 5.91 Å². The minimum absolute atomic E-state index is 0.0111. The van der Waals surface area contributed by atoms with Gasteiger partial charge in [0, 0.05) is 20.0 Å². The van der Waals surface area contributed by atoms with Crippen LogP contribution in [-0.2, 0) is 13.5 Å². The first-order valence-electron chi connectivity index (χ1n) is 4.87. The van der Waals surface area contributed by atoms with Crippen LogP contribution in [0.15, 0.2) is 11.0 Å². The zero-order chi connectivity index (χ0) is 12.3. The van der Waals surface area contributed by atoms with Crippen LogP contribution in [0, 0.1) is 0 Å². The maximum Gasteiger partial charge on any atom is 0.277 e. The van der Waals surface area contributed by atoms with Crippen LogP contribution in [0.1, 0.15) is 16.3 Å². The molecule has 0 fully saturated rings. The lowest BCUT2D eigenvalue weighted by atomic mass is 10.3. The number of nitrogens with two attached hydrogens (primary N) is 1. The Morgan fingerprint density at radius 2 is 2.41 bits per heavy atom. The second kappa shape index (κ2) is 4.60. The molecule has 2 rings (SSSR count). The molecule has 0 aliphatic heterocycles. The van der Waals surface area contributed by atoms with Crippen molar-refractivity contribution in [3.63, 3.8) is 0 Å². The fourth-order valence-electron chi connectivity index (χ4n) is 1.26. The van der Waals surface area contributed by atoms with Crippen molar-refractivity contribution < 1.29 is 9.42 Å². The van der Waals surface area contributed by atoms with Crippen LogP contribution in [-0.4, -0.2) is 37.5 Å². The van der Waals surface area contributed by atoms with E-state index in [0.717, 1.165) is 5.82 Å². The van der Waals surface area contributed by atoms with E-state index in [1.807, 2.05) is 7.05 Å². The fraction of sp³-hybridized carbons (Fsp3) is 0.375. The van der Waals surface area contributed by atoms with E-state index in [-0.39, 0.29) is 11.5 Å². The van der Waals surface area contributed by atoms with Crippen molar-refractivity contribution in [3.05, 3.63) is 17.8 Å². The van der Waals surface area contributed by atoms with Crippen LogP contribution < -0.4 is 11.1 Å². The second-order valence-corrected chi connectivity index (χ2v) is 3.36. The number of nitrogens with one attached hydrogen (secondary N) is 1. The largest absolute Gasteiger partial charge is 0.379 e. The molecule has 9 heteroatoms. The standard InChI is InChI=1S/C8H11N7O2/c1-15-4-11-12-5(15)2-3-10-8(16)6-7(9)14-17-13-6/h4H,2-3H2,1H3,(H2,9,14)(H,10,16). The summed E-state index contributed by atoms with van der Waals surface area (Å²) in [4.78, 5) is 11.5. The maximum atomic E-state index is 11.5. The molecule has 0 unspecified atom stereocenters. The van der Waals surface area contributed by atoms with E-state index in [1.54, 1.807) is 10.9 Å². The fourth-order valence-corrected chi connectivity index (χ4v) is 1.26. The number of carbonyl (C=O) groups is 1. The Morgan fingerprint density at radius 1 is 1.59 bits per heavy atom. The first-order valence-corrected chi connectivity index (χ1v) is 4.87. The molecule has 9 nitrogen and oxygen atoms in total. The van der Waals surface area contributed by atoms with Gasteiger partial charge in [-0.05, 0) is 10.3 Å². The predicted octanol–water partition coefficient (Wildman–Crippen LogP) is -1.25. The molecule has 0 aliphatic carbocycles. The molecule has 2 aromatic rings. The molecule has 17 heavy (non-hydrogen) atoms. The molecule has 2 heterocycles. The highest BCUT2D eigenvalue weighted by Crippen LogP contribution is 2.03. The van der Waals surface area contributed by atoms with E-state index >= 15 is 0 Å². The van der Waals surface area contributed by atoms with E-state index in [4.69, 9.17) is 5.73 Å². The summed E-state index contributed by atoms with van der Waals surface area (Å²) in [5, 5.41) is 16.9. The average molecular weight is 237 g/mol. The zero-order valence-corrected chi connectivity index (χ0v) is 9.12. The summed E-state index contributed by atoms with van der Waals surface area (Å²) in [6.07, 6.45) is 2.16. The van der Waals surface area contributed by atoms with Crippen LogP contribution >= 0.6 is 0 Å². The number of rotatable bonds is 4. The third kappa shape index (κ3) is 2.38. The first kappa shape index (κ1) is 11.0. The van der Waals surface area contributed by atoms with Gasteiger partial charge in [0.1, 0.15) is 12.2 Å². The number of amides is 1. The number of aromatic nitrogens is 5. The van der Waals surface area contributed by atoms with Gasteiger partial charge in [0.2, 0.25) is 11.5 Å². The van der Waals surface area contributed by atoms with Crippen molar-refractivity contribution in [2.45, 2.75) is 6.42 Å². The molecule has 0 aliphatic rings. The summed E-state index contributed by atoms with van der Waals surface area (Å²) in [6, 6.07) is 0. The molecule has 0 bridgehead atoms. The number of aryl methyl sites for hydroxylation is 1. The quantitative estimate of drug-likeness (QED) is 0.680. The van der Waals surface area contributed by atoms with Gasteiger partial charge in [-0.1, -0.05) is 0 Å². The molecule has 0 aromatic carbocycles. The Hall–Kier alpha value is -2.45. The Morgan fingerprint density at radius 3 is 3.00 bits per heavy atom. The summed E-state index contributed by atoms with van der Waals surface area (Å²) in [6.45, 7) is 0.400. The lowest BCUT2D eigenvalue weighted by Gasteiger charge is -2.02. The molecular weight excluding hydrogens is 226 g/mol. The maximum absolute atomic E-state index is 11.5. The van der Waals surface area contributed by atoms with Crippen LogP contribution in [0.25, 0.3) is 0 Å². The molecule has 0 saturated carbocycles. The summed E-state index contributed by atoms with van der Waals surface area (Å²) in [7, 11) is 1.83. The van der Waals surface area contributed by atoms with Gasteiger partial charge in [-0.2, -0.15) is 0 Å². The minimum atomic E-state index is -0.425. The number of hydrogen-bond donors (Lipinski definition) is 2. The van der Waals surface area contributed by atoms with E-state index in [1.165, 1.54) is 0 Å². The van der Waals surface area contributed by atoms with Crippen LogP contribution in [0.4, 0.5) is 5.82 Å². The first-order chi connectivity index (χ1) is 8.18. The monoisotopic (exact) mass is 237 g/mol. The molecule has 1 amide bonds. The van der Waals surface area contributed by atoms with Gasteiger partial charge in [0.05, 0.1) is 0 Å². The van der Waals surface area contributed by atoms with Crippen molar-refractivity contribution in [1.82, 2.24) is 30.4 Å². The van der Waals surface area contributed by atoms with Crippen LogP contribution in [0.5, 0.6) is 0 Å². The van der Waals surface area contributed by atoms with E-state index in [2.05, 4.69) is 30.5 Å². The highest BCUT2D eigenvalue weighted by Gasteiger charge is 2.15. The van der Waals surface area contributed by atoms with Gasteiger partial charge in [0.25, 0.3) is 5.91 Å². The number of hydrogen-bond acceptors (Lipinski definition) is 7. The highest BCUT2D eigenvalue weighted by molar-refractivity contribution is 5.95. The van der Waals surface area contributed by atoms with Crippen LogP contribution in [0.3, 0.4) is 0 Å². The molecule has 0 spiro atoms. The minimum Gasteiger partial charge on any atom is -0.379 e. The summed E-state index contributed by atoms with van der Waals surface area (Å²) < 4.78 is 6.10.